The Labute approximate surface area is 279 Å². The minimum atomic E-state index is -0.477. The lowest BCUT2D eigenvalue weighted by Crippen LogP contribution is -2.46. The van der Waals surface area contributed by atoms with Crippen LogP contribution in [-0.2, 0) is 9.59 Å². The highest BCUT2D eigenvalue weighted by Crippen LogP contribution is 2.40. The summed E-state index contributed by atoms with van der Waals surface area (Å²) in [5.74, 6) is 0.271. The predicted octanol–water partition coefficient (Wildman–Crippen LogP) is 6.89. The van der Waals surface area contributed by atoms with E-state index < -0.39 is 12.1 Å². The van der Waals surface area contributed by atoms with Crippen LogP contribution in [0.25, 0.3) is 32.0 Å². The average molecular weight is 657 g/mol. The summed E-state index contributed by atoms with van der Waals surface area (Å²) in [5, 5.41) is 1.96. The second kappa shape index (κ2) is 13.7. The highest BCUT2D eigenvalue weighted by molar-refractivity contribution is 7.15. The number of benzene rings is 2. The molecule has 2 saturated heterocycles. The van der Waals surface area contributed by atoms with Crippen LogP contribution in [0.3, 0.4) is 0 Å². The van der Waals surface area contributed by atoms with Gasteiger partial charge in [0.25, 0.3) is 0 Å². The third-order valence-corrected chi connectivity index (χ3v) is 11.7. The molecule has 0 radical (unpaired) electrons. The zero-order valence-corrected chi connectivity index (χ0v) is 28.7. The van der Waals surface area contributed by atoms with Gasteiger partial charge in [0.05, 0.1) is 33.9 Å². The van der Waals surface area contributed by atoms with E-state index in [2.05, 4.69) is 48.5 Å². The van der Waals surface area contributed by atoms with Crippen LogP contribution in [0.4, 0.5) is 0 Å². The molecule has 0 aliphatic carbocycles. The van der Waals surface area contributed by atoms with Crippen LogP contribution in [0.5, 0.6) is 0 Å². The van der Waals surface area contributed by atoms with Gasteiger partial charge in [0, 0.05) is 25.5 Å². The fourth-order valence-corrected chi connectivity index (χ4v) is 8.47. The Morgan fingerprint density at radius 2 is 1.00 bits per heavy atom. The molecule has 0 bridgehead atoms. The fourth-order valence-electron chi connectivity index (χ4n) is 6.33. The number of hydrogen-bond acceptors (Lipinski definition) is 8. The molecule has 2 fully saturated rings. The minimum Gasteiger partial charge on any atom is -0.332 e. The van der Waals surface area contributed by atoms with E-state index in [1.54, 1.807) is 22.7 Å². The Morgan fingerprint density at radius 3 is 1.35 bits per heavy atom. The van der Waals surface area contributed by atoms with Crippen molar-refractivity contribution in [1.29, 1.82) is 0 Å². The summed E-state index contributed by atoms with van der Waals surface area (Å²) in [6.07, 6.45) is 7.65. The third-order valence-electron chi connectivity index (χ3n) is 9.37. The molecule has 0 saturated carbocycles. The maximum Gasteiger partial charge on any atom is 0.240 e. The van der Waals surface area contributed by atoms with Gasteiger partial charge in [0.1, 0.15) is 10.0 Å². The van der Waals surface area contributed by atoms with Gasteiger partial charge in [0.2, 0.25) is 11.8 Å². The molecule has 10 heteroatoms. The average Bonchev–Trinajstić information content (AvgIpc) is 3.89. The zero-order chi connectivity index (χ0) is 32.5. The zero-order valence-electron chi connectivity index (χ0n) is 27.1. The molecular weight excluding hydrogens is 613 g/mol. The maximum atomic E-state index is 13.0. The van der Waals surface area contributed by atoms with E-state index in [4.69, 9.17) is 21.4 Å². The van der Waals surface area contributed by atoms with Gasteiger partial charge in [0.15, 0.2) is 0 Å². The number of carbonyl (C=O) groups is 2. The summed E-state index contributed by atoms with van der Waals surface area (Å²) in [7, 11) is 0. The van der Waals surface area contributed by atoms with Gasteiger partial charge in [-0.3, -0.25) is 9.59 Å². The van der Waals surface area contributed by atoms with Crippen molar-refractivity contribution in [2.45, 2.75) is 77.5 Å². The molecule has 2 aliphatic rings. The molecular formula is C36H44N6O2S2. The number of aromatic nitrogens is 2. The number of hydrogen-bond donors (Lipinski definition) is 2. The molecule has 2 amide bonds. The van der Waals surface area contributed by atoms with Crippen molar-refractivity contribution < 1.29 is 9.59 Å². The molecule has 2 aromatic carbocycles. The lowest BCUT2D eigenvalue weighted by atomic mass is 10.0. The molecule has 6 rings (SSSR count). The number of nitrogens with zero attached hydrogens (tertiary/aromatic N) is 4. The Hall–Kier alpha value is -3.44. The van der Waals surface area contributed by atoms with E-state index >= 15 is 0 Å². The molecule has 4 N–H and O–H groups in total. The van der Waals surface area contributed by atoms with Gasteiger partial charge < -0.3 is 21.3 Å². The maximum absolute atomic E-state index is 13.0. The predicted molar refractivity (Wildman–Crippen MR) is 187 cm³/mol. The monoisotopic (exact) mass is 656 g/mol. The lowest BCUT2D eigenvalue weighted by molar-refractivity contribution is -0.135. The van der Waals surface area contributed by atoms with Gasteiger partial charge in [-0.15, -0.1) is 22.7 Å². The Bertz CT molecular complexity index is 1540. The van der Waals surface area contributed by atoms with Gasteiger partial charge >= 0.3 is 0 Å². The Morgan fingerprint density at radius 1 is 0.652 bits per heavy atom. The molecule has 8 nitrogen and oxygen atoms in total. The molecule has 4 heterocycles. The number of thiazole rings is 2. The number of rotatable bonds is 9. The van der Waals surface area contributed by atoms with Crippen LogP contribution in [0.2, 0.25) is 0 Å². The van der Waals surface area contributed by atoms with Crippen molar-refractivity contribution in [3.63, 3.8) is 0 Å². The summed E-state index contributed by atoms with van der Waals surface area (Å²) >= 11 is 3.32. The van der Waals surface area contributed by atoms with Crippen molar-refractivity contribution >= 4 is 34.5 Å². The number of carbonyl (C=O) groups excluding carboxylic acids is 2. The summed E-state index contributed by atoms with van der Waals surface area (Å²) in [4.78, 5) is 41.6. The fraction of sp³-hybridized carbons (Fsp3) is 0.444. The van der Waals surface area contributed by atoms with Crippen molar-refractivity contribution in [1.82, 2.24) is 19.8 Å². The number of nitrogens with two attached hydrogens (primary N) is 2. The first-order valence-electron chi connectivity index (χ1n) is 16.4. The minimum absolute atomic E-state index is 0.00577. The van der Waals surface area contributed by atoms with Crippen LogP contribution < -0.4 is 11.5 Å². The molecule has 0 spiro atoms. The van der Waals surface area contributed by atoms with E-state index in [0.29, 0.717) is 0 Å². The Kier molecular flexibility index (Phi) is 9.70. The normalized spacial score (nSPS) is 19.7. The van der Waals surface area contributed by atoms with E-state index in [1.807, 2.05) is 49.9 Å². The highest BCUT2D eigenvalue weighted by atomic mass is 32.1. The van der Waals surface area contributed by atoms with Gasteiger partial charge in [-0.1, -0.05) is 76.2 Å². The summed E-state index contributed by atoms with van der Waals surface area (Å²) in [6, 6.07) is 16.2. The van der Waals surface area contributed by atoms with E-state index in [-0.39, 0.29) is 35.7 Å². The second-order valence-corrected chi connectivity index (χ2v) is 15.3. The lowest BCUT2D eigenvalue weighted by Gasteiger charge is -2.27. The van der Waals surface area contributed by atoms with E-state index in [1.165, 1.54) is 0 Å². The van der Waals surface area contributed by atoms with E-state index in [0.717, 1.165) is 80.8 Å². The second-order valence-electron chi connectivity index (χ2n) is 13.2. The van der Waals surface area contributed by atoms with E-state index in [9.17, 15) is 9.59 Å². The van der Waals surface area contributed by atoms with Crippen LogP contribution in [0.1, 0.15) is 75.5 Å². The van der Waals surface area contributed by atoms with Crippen LogP contribution in [0, 0.1) is 11.8 Å². The summed E-state index contributed by atoms with van der Waals surface area (Å²) in [6.45, 7) is 9.44. The first-order chi connectivity index (χ1) is 22.1. The topological polar surface area (TPSA) is 118 Å². The molecule has 242 valence electrons. The smallest absolute Gasteiger partial charge is 0.240 e. The Balaban J connectivity index is 1.12. The standard InChI is InChI=1S/C36H44N6O2S2/c1-21(2)31(37)35(43)41-17-5-7-27(41)33-39-19-29(45-33)25-13-9-23(10-14-25)24-11-15-26(16-12-24)30-20-40-34(46-30)28-8-6-18-42(28)36(44)32(38)22(3)4/h9-16,19-22,27-28,31-32H,5-8,17-18,37-38H2,1-4H3/t27-,28-,31-,32-/m0/s1. The van der Waals surface area contributed by atoms with Crippen LogP contribution >= 0.6 is 22.7 Å². The molecule has 4 aromatic rings. The van der Waals surface area contributed by atoms with Crippen molar-refractivity contribution in [2.75, 3.05) is 13.1 Å². The summed E-state index contributed by atoms with van der Waals surface area (Å²) in [5.41, 5.74) is 16.9. The van der Waals surface area contributed by atoms with Gasteiger partial charge in [-0.25, -0.2) is 9.97 Å². The van der Waals surface area contributed by atoms with Crippen molar-refractivity contribution in [2.24, 2.45) is 23.3 Å². The first kappa shape index (κ1) is 32.5. The molecule has 4 atom stereocenters. The van der Waals surface area contributed by atoms with Crippen molar-refractivity contribution in [3.8, 4) is 32.0 Å². The molecule has 0 unspecified atom stereocenters. The molecule has 2 aliphatic heterocycles. The van der Waals surface area contributed by atoms with Gasteiger partial charge in [-0.05, 0) is 59.8 Å². The largest absolute Gasteiger partial charge is 0.332 e. The SMILES string of the molecule is CC(C)[C@H](N)C(=O)N1CCC[C@H]1c1ncc(-c2ccc(-c3ccc(-c4cnc([C@@H]5CCCN5C(=O)[C@@H](N)C(C)C)s4)cc3)cc2)s1. The third kappa shape index (κ3) is 6.53. The molecule has 2 aromatic heterocycles. The number of likely N-dealkylation sites (tertiary alicyclic amines) is 2. The highest BCUT2D eigenvalue weighted by Gasteiger charge is 2.36. The van der Waals surface area contributed by atoms with Crippen LogP contribution in [0.15, 0.2) is 60.9 Å². The number of amides is 2. The van der Waals surface area contributed by atoms with Crippen molar-refractivity contribution in [3.05, 3.63) is 70.9 Å². The summed E-state index contributed by atoms with van der Waals surface area (Å²) < 4.78 is 0. The van der Waals surface area contributed by atoms with Crippen LogP contribution in [-0.4, -0.2) is 56.8 Å². The van der Waals surface area contributed by atoms with Gasteiger partial charge in [-0.2, -0.15) is 0 Å². The first-order valence-corrected chi connectivity index (χ1v) is 18.0. The molecule has 46 heavy (non-hydrogen) atoms. The quantitative estimate of drug-likeness (QED) is 0.203.